The van der Waals surface area contributed by atoms with Crippen molar-refractivity contribution < 1.29 is 5.11 Å². The fourth-order valence-electron chi connectivity index (χ4n) is 0.906. The zero-order valence-corrected chi connectivity index (χ0v) is 9.08. The van der Waals surface area contributed by atoms with Crippen molar-refractivity contribution in [1.82, 2.24) is 0 Å². The number of hydrogen-bond donors (Lipinski definition) is 1. The number of aryl methyl sites for hydroxylation is 1. The van der Waals surface area contributed by atoms with E-state index in [2.05, 4.69) is 15.9 Å². The Kier molecular flexibility index (Phi) is 3.23. The van der Waals surface area contributed by atoms with Gasteiger partial charge in [0, 0.05) is 10.2 Å². The summed E-state index contributed by atoms with van der Waals surface area (Å²) in [7, 11) is 0. The highest BCUT2D eigenvalue weighted by molar-refractivity contribution is 9.09. The van der Waals surface area contributed by atoms with Crippen LogP contribution in [0.1, 0.15) is 11.1 Å². The Morgan fingerprint density at radius 3 is 2.75 bits per heavy atom. The molecule has 3 heteroatoms. The maximum absolute atomic E-state index is 9.24. The second-order valence-corrected chi connectivity index (χ2v) is 3.61. The van der Waals surface area contributed by atoms with E-state index < -0.39 is 0 Å². The quantitative estimate of drug-likeness (QED) is 0.491. The van der Waals surface area contributed by atoms with Gasteiger partial charge in [0.25, 0.3) is 0 Å². The Bertz CT molecular complexity index is 309. The fourth-order valence-corrected chi connectivity index (χ4v) is 1.36. The van der Waals surface area contributed by atoms with Crippen LogP contribution < -0.4 is 0 Å². The molecule has 0 aromatic heterocycles. The van der Waals surface area contributed by atoms with E-state index in [1.807, 2.05) is 19.1 Å². The molecule has 0 aliphatic carbocycles. The number of phenols is 1. The van der Waals surface area contributed by atoms with E-state index in [9.17, 15) is 5.11 Å². The monoisotopic (exact) mass is 244 g/mol. The third kappa shape index (κ3) is 2.05. The van der Waals surface area contributed by atoms with E-state index in [4.69, 9.17) is 12.2 Å². The molecule has 0 fully saturated rings. The predicted molar refractivity (Wildman–Crippen MR) is 58.3 cm³/mol. The average molecular weight is 245 g/mol. The molecular weight excluding hydrogens is 236 g/mol. The molecule has 12 heavy (non-hydrogen) atoms. The minimum absolute atomic E-state index is 0.316. The molecule has 0 saturated heterocycles. The molecule has 0 atom stereocenters. The van der Waals surface area contributed by atoms with Gasteiger partial charge in [0.2, 0.25) is 0 Å². The highest BCUT2D eigenvalue weighted by Gasteiger charge is 2.01. The zero-order chi connectivity index (χ0) is 9.14. The second-order valence-electron chi connectivity index (χ2n) is 2.56. The number of rotatable bonds is 2. The van der Waals surface area contributed by atoms with Crippen molar-refractivity contribution in [1.29, 1.82) is 0 Å². The van der Waals surface area contributed by atoms with Crippen LogP contribution >= 0.6 is 28.1 Å². The Morgan fingerprint density at radius 2 is 2.25 bits per heavy atom. The number of aromatic hydroxyl groups is 1. The lowest BCUT2D eigenvalue weighted by Gasteiger charge is -2.02. The van der Waals surface area contributed by atoms with Crippen LogP contribution in [0.5, 0.6) is 5.75 Å². The van der Waals surface area contributed by atoms with Crippen molar-refractivity contribution in [3.05, 3.63) is 29.3 Å². The van der Waals surface area contributed by atoms with Gasteiger partial charge in [0.05, 0.1) is 0 Å². The Balaban J connectivity index is 3.05. The number of hydrogen-bond acceptors (Lipinski definition) is 2. The molecule has 0 amide bonds. The van der Waals surface area contributed by atoms with Crippen molar-refractivity contribution in [2.45, 2.75) is 6.92 Å². The molecule has 0 radical (unpaired) electrons. The molecule has 0 heterocycles. The molecule has 0 saturated carbocycles. The third-order valence-corrected chi connectivity index (χ3v) is 2.95. The van der Waals surface area contributed by atoms with Crippen molar-refractivity contribution in [3.8, 4) is 5.75 Å². The molecule has 0 bridgehead atoms. The highest BCUT2D eigenvalue weighted by Crippen LogP contribution is 2.17. The van der Waals surface area contributed by atoms with Crippen molar-refractivity contribution in [3.63, 3.8) is 0 Å². The van der Waals surface area contributed by atoms with E-state index >= 15 is 0 Å². The Labute approximate surface area is 85.5 Å². The molecule has 0 aliphatic rings. The molecule has 1 rings (SSSR count). The molecule has 1 N–H and O–H groups in total. The topological polar surface area (TPSA) is 20.2 Å². The van der Waals surface area contributed by atoms with Crippen LogP contribution in [0.25, 0.3) is 0 Å². The molecule has 0 spiro atoms. The summed E-state index contributed by atoms with van der Waals surface area (Å²) in [6, 6.07) is 5.38. The molecule has 1 aromatic rings. The smallest absolute Gasteiger partial charge is 0.118 e. The van der Waals surface area contributed by atoms with Crippen LogP contribution in [0.4, 0.5) is 0 Å². The van der Waals surface area contributed by atoms with Crippen LogP contribution in [0.3, 0.4) is 0 Å². The van der Waals surface area contributed by atoms with E-state index in [-0.39, 0.29) is 0 Å². The van der Waals surface area contributed by atoms with Gasteiger partial charge in [-0.05, 0) is 30.2 Å². The molecule has 1 nitrogen and oxygen atoms in total. The van der Waals surface area contributed by atoms with Crippen molar-refractivity contribution in [2.75, 3.05) is 5.33 Å². The maximum Gasteiger partial charge on any atom is 0.118 e. The first-order valence-electron chi connectivity index (χ1n) is 3.54. The number of halogens is 1. The van der Waals surface area contributed by atoms with E-state index in [0.717, 1.165) is 16.0 Å². The van der Waals surface area contributed by atoms with Gasteiger partial charge in [-0.15, -0.1) is 0 Å². The number of alkyl halides is 1. The highest BCUT2D eigenvalue weighted by atomic mass is 79.9. The van der Waals surface area contributed by atoms with Gasteiger partial charge >= 0.3 is 0 Å². The molecule has 1 aromatic carbocycles. The first-order chi connectivity index (χ1) is 5.65. The number of thiocarbonyl (C=S) groups is 1. The van der Waals surface area contributed by atoms with Gasteiger partial charge in [-0.1, -0.05) is 34.2 Å². The van der Waals surface area contributed by atoms with Crippen LogP contribution in [-0.2, 0) is 0 Å². The summed E-state index contributed by atoms with van der Waals surface area (Å²) < 4.78 is 0. The standard InChI is InChI=1S/C9H9BrOS/c1-6-4-7(9(12)5-10)2-3-8(6)11/h2-4,11H,5H2,1H3. The first-order valence-corrected chi connectivity index (χ1v) is 5.07. The van der Waals surface area contributed by atoms with E-state index in [0.29, 0.717) is 11.1 Å². The average Bonchev–Trinajstić information content (AvgIpc) is 2.08. The van der Waals surface area contributed by atoms with Crippen molar-refractivity contribution in [2.24, 2.45) is 0 Å². The van der Waals surface area contributed by atoms with Crippen LogP contribution in [0, 0.1) is 6.92 Å². The summed E-state index contributed by atoms with van der Waals surface area (Å²) in [5.74, 6) is 0.316. The third-order valence-electron chi connectivity index (χ3n) is 1.64. The molecule has 64 valence electrons. The van der Waals surface area contributed by atoms with Crippen LogP contribution in [-0.4, -0.2) is 15.3 Å². The zero-order valence-electron chi connectivity index (χ0n) is 6.67. The predicted octanol–water partition coefficient (Wildman–Crippen LogP) is 2.81. The largest absolute Gasteiger partial charge is 0.508 e. The summed E-state index contributed by atoms with van der Waals surface area (Å²) in [4.78, 5) is 0.859. The van der Waals surface area contributed by atoms with Crippen LogP contribution in [0.2, 0.25) is 0 Å². The lowest BCUT2D eigenvalue weighted by atomic mass is 10.1. The summed E-state index contributed by atoms with van der Waals surface area (Å²) in [6.07, 6.45) is 0. The van der Waals surface area contributed by atoms with Gasteiger partial charge < -0.3 is 5.11 Å². The SMILES string of the molecule is Cc1cc(C(=S)CBr)ccc1O. The fraction of sp³-hybridized carbons (Fsp3) is 0.222. The van der Waals surface area contributed by atoms with Gasteiger partial charge in [-0.3, -0.25) is 0 Å². The van der Waals surface area contributed by atoms with Gasteiger partial charge in [0.15, 0.2) is 0 Å². The maximum atomic E-state index is 9.24. The first kappa shape index (κ1) is 9.68. The van der Waals surface area contributed by atoms with Crippen LogP contribution in [0.15, 0.2) is 18.2 Å². The lowest BCUT2D eigenvalue weighted by molar-refractivity contribution is 0.471. The molecule has 0 aliphatic heterocycles. The molecule has 0 unspecified atom stereocenters. The summed E-state index contributed by atoms with van der Waals surface area (Å²) >= 11 is 8.39. The van der Waals surface area contributed by atoms with Crippen molar-refractivity contribution >= 4 is 33.0 Å². The molecular formula is C9H9BrOS. The normalized spacial score (nSPS) is 9.83. The number of benzene rings is 1. The minimum Gasteiger partial charge on any atom is -0.508 e. The van der Waals surface area contributed by atoms with E-state index in [1.54, 1.807) is 6.07 Å². The van der Waals surface area contributed by atoms with Gasteiger partial charge in [-0.2, -0.15) is 0 Å². The van der Waals surface area contributed by atoms with Gasteiger partial charge in [0.1, 0.15) is 5.75 Å². The minimum atomic E-state index is 0.316. The summed E-state index contributed by atoms with van der Waals surface area (Å²) in [6.45, 7) is 1.86. The Hall–Kier alpha value is -0.410. The second kappa shape index (κ2) is 4.01. The van der Waals surface area contributed by atoms with Gasteiger partial charge in [-0.25, -0.2) is 0 Å². The number of phenolic OH excluding ortho intramolecular Hbond substituents is 1. The lowest BCUT2D eigenvalue weighted by Crippen LogP contribution is -1.97. The summed E-state index contributed by atoms with van der Waals surface area (Å²) in [5, 5.41) is 9.93. The Morgan fingerprint density at radius 1 is 1.58 bits per heavy atom. The summed E-state index contributed by atoms with van der Waals surface area (Å²) in [5.41, 5.74) is 1.85. The van der Waals surface area contributed by atoms with E-state index in [1.165, 1.54) is 0 Å².